The molecule has 1 saturated heterocycles. The van der Waals surface area contributed by atoms with Crippen LogP contribution in [-0.4, -0.2) is 63.2 Å². The van der Waals surface area contributed by atoms with Crippen LogP contribution in [0.15, 0.2) is 0 Å². The first-order valence-electron chi connectivity index (χ1n) is 8.35. The molecule has 0 aromatic carbocycles. The molecule has 0 amide bonds. The molecule has 1 atom stereocenters. The van der Waals surface area contributed by atoms with Gasteiger partial charge in [0.1, 0.15) is 0 Å². The van der Waals surface area contributed by atoms with Crippen LogP contribution in [0.1, 0.15) is 39.5 Å². The lowest BCUT2D eigenvalue weighted by Crippen LogP contribution is -2.34. The number of nitrogens with one attached hydrogen (secondary N) is 1. The van der Waals surface area contributed by atoms with E-state index in [-0.39, 0.29) is 0 Å². The average molecular weight is 320 g/mol. The van der Waals surface area contributed by atoms with Crippen molar-refractivity contribution in [2.24, 2.45) is 0 Å². The molecule has 0 radical (unpaired) electrons. The second-order valence-corrected chi connectivity index (χ2v) is 7.45. The minimum atomic E-state index is 0.445. The number of thioether (sulfide) groups is 1. The summed E-state index contributed by atoms with van der Waals surface area (Å²) in [5.74, 6) is 1.31. The van der Waals surface area contributed by atoms with Gasteiger partial charge in [-0.2, -0.15) is 11.8 Å². The predicted molar refractivity (Wildman–Crippen MR) is 90.3 cm³/mol. The SMILES string of the molecule is CCCCOCCOCCOCCNCC1(C)CCCS1. The molecule has 4 nitrogen and oxygen atoms in total. The highest BCUT2D eigenvalue weighted by molar-refractivity contribution is 8.00. The summed E-state index contributed by atoms with van der Waals surface area (Å²) in [6.07, 6.45) is 5.01. The van der Waals surface area contributed by atoms with Gasteiger partial charge in [-0.25, -0.2) is 0 Å². The summed E-state index contributed by atoms with van der Waals surface area (Å²) in [5, 5.41) is 3.49. The van der Waals surface area contributed by atoms with Crippen molar-refractivity contribution >= 4 is 11.8 Å². The monoisotopic (exact) mass is 319 g/mol. The molecule has 5 heteroatoms. The van der Waals surface area contributed by atoms with Crippen LogP contribution in [0.4, 0.5) is 0 Å². The van der Waals surface area contributed by atoms with Gasteiger partial charge >= 0.3 is 0 Å². The second kappa shape index (κ2) is 12.7. The lowest BCUT2D eigenvalue weighted by atomic mass is 10.1. The third-order valence-electron chi connectivity index (χ3n) is 3.61. The fourth-order valence-corrected chi connectivity index (χ4v) is 3.54. The maximum Gasteiger partial charge on any atom is 0.0701 e. The number of unbranched alkanes of at least 4 members (excludes halogenated alkanes) is 1. The number of hydrogen-bond acceptors (Lipinski definition) is 5. The smallest absolute Gasteiger partial charge is 0.0701 e. The van der Waals surface area contributed by atoms with Gasteiger partial charge in [0.25, 0.3) is 0 Å². The molecule has 0 aliphatic carbocycles. The number of rotatable bonds is 14. The maximum absolute atomic E-state index is 5.54. The minimum Gasteiger partial charge on any atom is -0.379 e. The zero-order valence-corrected chi connectivity index (χ0v) is 14.6. The highest BCUT2D eigenvalue weighted by atomic mass is 32.2. The van der Waals surface area contributed by atoms with Gasteiger partial charge in [-0.1, -0.05) is 13.3 Å². The Hall–Kier alpha value is 0.190. The van der Waals surface area contributed by atoms with Crippen molar-refractivity contribution in [3.05, 3.63) is 0 Å². The van der Waals surface area contributed by atoms with Crippen molar-refractivity contribution < 1.29 is 14.2 Å². The van der Waals surface area contributed by atoms with Crippen molar-refractivity contribution in [3.63, 3.8) is 0 Å². The Morgan fingerprint density at radius 3 is 2.29 bits per heavy atom. The molecule has 0 aromatic rings. The summed E-state index contributed by atoms with van der Waals surface area (Å²) in [5.41, 5.74) is 0. The summed E-state index contributed by atoms with van der Waals surface area (Å²) in [4.78, 5) is 0. The molecule has 1 heterocycles. The highest BCUT2D eigenvalue weighted by Crippen LogP contribution is 2.36. The Morgan fingerprint density at radius 2 is 1.67 bits per heavy atom. The van der Waals surface area contributed by atoms with Gasteiger partial charge in [0.2, 0.25) is 0 Å². The molecule has 1 fully saturated rings. The van der Waals surface area contributed by atoms with E-state index in [2.05, 4.69) is 30.9 Å². The molecule has 0 spiro atoms. The van der Waals surface area contributed by atoms with Gasteiger partial charge in [0.05, 0.1) is 33.0 Å². The summed E-state index contributed by atoms with van der Waals surface area (Å²) in [7, 11) is 0. The lowest BCUT2D eigenvalue weighted by Gasteiger charge is -2.22. The van der Waals surface area contributed by atoms with E-state index in [1.54, 1.807) is 0 Å². The van der Waals surface area contributed by atoms with Gasteiger partial charge in [0, 0.05) is 24.4 Å². The van der Waals surface area contributed by atoms with E-state index in [4.69, 9.17) is 14.2 Å². The van der Waals surface area contributed by atoms with Crippen molar-refractivity contribution in [3.8, 4) is 0 Å². The summed E-state index contributed by atoms with van der Waals surface area (Å²) in [6.45, 7) is 10.8. The Bertz CT molecular complexity index is 236. The van der Waals surface area contributed by atoms with Crippen molar-refractivity contribution in [2.45, 2.75) is 44.3 Å². The summed E-state index contributed by atoms with van der Waals surface area (Å²) in [6, 6.07) is 0. The highest BCUT2D eigenvalue weighted by Gasteiger charge is 2.28. The second-order valence-electron chi connectivity index (χ2n) is 5.77. The largest absolute Gasteiger partial charge is 0.379 e. The molecule has 1 rings (SSSR count). The van der Waals surface area contributed by atoms with E-state index in [0.29, 0.717) is 31.2 Å². The third kappa shape index (κ3) is 10.5. The molecule has 1 unspecified atom stereocenters. The summed E-state index contributed by atoms with van der Waals surface area (Å²) < 4.78 is 16.8. The standard InChI is InChI=1S/C16H33NO3S/c1-3-4-8-18-10-12-20-13-11-19-9-7-17-15-16(2)6-5-14-21-16/h17H,3-15H2,1-2H3. The predicted octanol–water partition coefficient (Wildman–Crippen LogP) is 2.71. The van der Waals surface area contributed by atoms with Crippen LogP contribution < -0.4 is 5.32 Å². The Kier molecular flexibility index (Phi) is 11.6. The topological polar surface area (TPSA) is 39.7 Å². The number of ether oxygens (including phenoxy) is 3. The molecule has 126 valence electrons. The molecule has 0 aromatic heterocycles. The Labute approximate surface area is 134 Å². The fraction of sp³-hybridized carbons (Fsp3) is 1.00. The average Bonchev–Trinajstić information content (AvgIpc) is 2.91. The van der Waals surface area contributed by atoms with Crippen LogP contribution >= 0.6 is 11.8 Å². The molecule has 21 heavy (non-hydrogen) atoms. The van der Waals surface area contributed by atoms with Crippen LogP contribution in [0.2, 0.25) is 0 Å². The number of hydrogen-bond donors (Lipinski definition) is 1. The Balaban J connectivity index is 1.73. The van der Waals surface area contributed by atoms with Gasteiger partial charge in [-0.15, -0.1) is 0 Å². The first-order chi connectivity index (χ1) is 10.3. The van der Waals surface area contributed by atoms with E-state index in [9.17, 15) is 0 Å². The first kappa shape index (κ1) is 19.2. The molecular formula is C16H33NO3S. The molecule has 1 aliphatic heterocycles. The van der Waals surface area contributed by atoms with Gasteiger partial charge in [0.15, 0.2) is 0 Å². The van der Waals surface area contributed by atoms with Gasteiger partial charge < -0.3 is 19.5 Å². The summed E-state index contributed by atoms with van der Waals surface area (Å²) >= 11 is 2.09. The normalized spacial score (nSPS) is 22.0. The van der Waals surface area contributed by atoms with Gasteiger partial charge in [-0.05, 0) is 31.9 Å². The molecule has 1 N–H and O–H groups in total. The van der Waals surface area contributed by atoms with E-state index in [1.807, 2.05) is 0 Å². The van der Waals surface area contributed by atoms with Crippen LogP contribution in [0.25, 0.3) is 0 Å². The molecule has 0 saturated carbocycles. The quantitative estimate of drug-likeness (QED) is 0.499. The van der Waals surface area contributed by atoms with E-state index in [0.717, 1.165) is 32.7 Å². The van der Waals surface area contributed by atoms with E-state index < -0.39 is 0 Å². The van der Waals surface area contributed by atoms with Gasteiger partial charge in [-0.3, -0.25) is 0 Å². The molecule has 0 bridgehead atoms. The fourth-order valence-electron chi connectivity index (χ4n) is 2.26. The van der Waals surface area contributed by atoms with E-state index in [1.165, 1.54) is 25.0 Å². The third-order valence-corrected chi connectivity index (χ3v) is 5.15. The lowest BCUT2D eigenvalue weighted by molar-refractivity contribution is 0.0146. The maximum atomic E-state index is 5.54. The zero-order chi connectivity index (χ0) is 15.2. The minimum absolute atomic E-state index is 0.445. The zero-order valence-electron chi connectivity index (χ0n) is 13.8. The van der Waals surface area contributed by atoms with Crippen LogP contribution in [0, 0.1) is 0 Å². The van der Waals surface area contributed by atoms with Crippen LogP contribution in [-0.2, 0) is 14.2 Å². The molecule has 1 aliphatic rings. The van der Waals surface area contributed by atoms with Crippen molar-refractivity contribution in [2.75, 3.05) is 58.5 Å². The van der Waals surface area contributed by atoms with Crippen LogP contribution in [0.3, 0.4) is 0 Å². The van der Waals surface area contributed by atoms with Crippen LogP contribution in [0.5, 0.6) is 0 Å². The Morgan fingerprint density at radius 1 is 1.00 bits per heavy atom. The van der Waals surface area contributed by atoms with Crippen molar-refractivity contribution in [1.82, 2.24) is 5.32 Å². The molecular weight excluding hydrogens is 286 g/mol. The van der Waals surface area contributed by atoms with Crippen molar-refractivity contribution in [1.29, 1.82) is 0 Å². The first-order valence-corrected chi connectivity index (χ1v) is 9.33. The van der Waals surface area contributed by atoms with E-state index >= 15 is 0 Å².